The van der Waals surface area contributed by atoms with Crippen LogP contribution >= 0.6 is 11.8 Å². The summed E-state index contributed by atoms with van der Waals surface area (Å²) < 4.78 is 7.07. The first-order chi connectivity index (χ1) is 16.0. The Balaban J connectivity index is 1.29. The average Bonchev–Trinajstić information content (AvgIpc) is 3.22. The van der Waals surface area contributed by atoms with Gasteiger partial charge in [0, 0.05) is 17.9 Å². The Bertz CT molecular complexity index is 1130. The number of nitrogens with zero attached hydrogens (tertiary/aromatic N) is 4. The lowest BCUT2D eigenvalue weighted by atomic mass is 10.0. The van der Waals surface area contributed by atoms with Crippen molar-refractivity contribution < 1.29 is 14.3 Å². The van der Waals surface area contributed by atoms with Crippen molar-refractivity contribution in [2.75, 3.05) is 30.9 Å². The van der Waals surface area contributed by atoms with E-state index in [9.17, 15) is 9.59 Å². The highest BCUT2D eigenvalue weighted by atomic mass is 32.2. The standard InChI is InChI=1S/C23H26N6O3S/c1-16-24-27-23(29(16)18-9-11-19(32-2)12-10-18)33-15-22(31)26-25-21(30)14-28-13-5-7-17-6-3-4-8-20(17)28/h3-4,6,8-12H,5,7,13-15H2,1-2H3,(H,25,30)(H,26,31). The van der Waals surface area contributed by atoms with Gasteiger partial charge in [0.15, 0.2) is 5.16 Å². The maximum absolute atomic E-state index is 12.4. The number of hydrazine groups is 1. The lowest BCUT2D eigenvalue weighted by molar-refractivity contribution is -0.126. The number of para-hydroxylation sites is 1. The van der Waals surface area contributed by atoms with Gasteiger partial charge in [-0.2, -0.15) is 0 Å². The number of carbonyl (C=O) groups is 2. The van der Waals surface area contributed by atoms with Crippen LogP contribution in [0.2, 0.25) is 0 Å². The van der Waals surface area contributed by atoms with Gasteiger partial charge in [-0.3, -0.25) is 25.0 Å². The second-order valence-corrected chi connectivity index (χ2v) is 8.54. The quantitative estimate of drug-likeness (QED) is 0.407. The van der Waals surface area contributed by atoms with Crippen molar-refractivity contribution in [3.63, 3.8) is 0 Å². The van der Waals surface area contributed by atoms with Crippen LogP contribution in [0.4, 0.5) is 5.69 Å². The molecule has 0 saturated carbocycles. The molecule has 9 nitrogen and oxygen atoms in total. The number of hydrogen-bond donors (Lipinski definition) is 2. The predicted molar refractivity (Wildman–Crippen MR) is 127 cm³/mol. The summed E-state index contributed by atoms with van der Waals surface area (Å²) in [5.41, 5.74) is 8.19. The highest BCUT2D eigenvalue weighted by Gasteiger charge is 2.19. The minimum Gasteiger partial charge on any atom is -0.497 e. The zero-order valence-corrected chi connectivity index (χ0v) is 19.4. The number of amides is 2. The molecule has 10 heteroatoms. The number of thioether (sulfide) groups is 1. The van der Waals surface area contributed by atoms with Gasteiger partial charge in [0.2, 0.25) is 5.91 Å². The Hall–Kier alpha value is -3.53. The van der Waals surface area contributed by atoms with E-state index >= 15 is 0 Å². The second-order valence-electron chi connectivity index (χ2n) is 7.60. The normalized spacial score (nSPS) is 12.7. The number of methoxy groups -OCH3 is 1. The minimum absolute atomic E-state index is 0.0844. The molecule has 0 spiro atoms. The van der Waals surface area contributed by atoms with Crippen LogP contribution in [-0.2, 0) is 16.0 Å². The zero-order chi connectivity index (χ0) is 23.2. The Labute approximate surface area is 196 Å². The van der Waals surface area contributed by atoms with E-state index in [0.29, 0.717) is 11.0 Å². The second kappa shape index (κ2) is 10.4. The van der Waals surface area contributed by atoms with Gasteiger partial charge in [0.1, 0.15) is 11.6 Å². The molecular formula is C23H26N6O3S. The maximum atomic E-state index is 12.4. The Morgan fingerprint density at radius 3 is 2.61 bits per heavy atom. The topological polar surface area (TPSA) is 101 Å². The molecule has 0 fully saturated rings. The third-order valence-electron chi connectivity index (χ3n) is 5.34. The summed E-state index contributed by atoms with van der Waals surface area (Å²) in [6, 6.07) is 15.6. The molecule has 0 atom stereocenters. The predicted octanol–water partition coefficient (Wildman–Crippen LogP) is 2.28. The molecule has 4 rings (SSSR count). The molecule has 0 bridgehead atoms. The molecule has 2 amide bonds. The summed E-state index contributed by atoms with van der Waals surface area (Å²) in [7, 11) is 1.61. The van der Waals surface area contributed by atoms with Crippen LogP contribution in [0.3, 0.4) is 0 Å². The van der Waals surface area contributed by atoms with Gasteiger partial charge in [0.25, 0.3) is 5.91 Å². The van der Waals surface area contributed by atoms with Crippen LogP contribution in [0.25, 0.3) is 5.69 Å². The lowest BCUT2D eigenvalue weighted by Crippen LogP contribution is -2.47. The zero-order valence-electron chi connectivity index (χ0n) is 18.6. The van der Waals surface area contributed by atoms with E-state index in [-0.39, 0.29) is 24.1 Å². The smallest absolute Gasteiger partial charge is 0.257 e. The van der Waals surface area contributed by atoms with Crippen molar-refractivity contribution in [3.05, 3.63) is 59.9 Å². The van der Waals surface area contributed by atoms with Gasteiger partial charge >= 0.3 is 0 Å². The summed E-state index contributed by atoms with van der Waals surface area (Å²) in [6.07, 6.45) is 2.02. The van der Waals surface area contributed by atoms with E-state index in [1.807, 2.05) is 58.9 Å². The van der Waals surface area contributed by atoms with Crippen molar-refractivity contribution >= 4 is 29.3 Å². The van der Waals surface area contributed by atoms with Gasteiger partial charge in [-0.25, -0.2) is 0 Å². The number of fused-ring (bicyclic) bond motifs is 1. The van der Waals surface area contributed by atoms with Crippen molar-refractivity contribution in [2.45, 2.75) is 24.9 Å². The van der Waals surface area contributed by atoms with Gasteiger partial charge in [-0.05, 0) is 55.7 Å². The molecule has 0 unspecified atom stereocenters. The monoisotopic (exact) mass is 466 g/mol. The van der Waals surface area contributed by atoms with E-state index in [4.69, 9.17) is 4.74 Å². The molecule has 33 heavy (non-hydrogen) atoms. The first-order valence-electron chi connectivity index (χ1n) is 10.6. The molecule has 3 aromatic rings. The van der Waals surface area contributed by atoms with Gasteiger partial charge in [0.05, 0.1) is 19.4 Å². The number of aromatic nitrogens is 3. The molecule has 0 saturated heterocycles. The van der Waals surface area contributed by atoms with Crippen molar-refractivity contribution in [1.82, 2.24) is 25.6 Å². The lowest BCUT2D eigenvalue weighted by Gasteiger charge is -2.30. The van der Waals surface area contributed by atoms with Crippen molar-refractivity contribution in [1.29, 1.82) is 0 Å². The van der Waals surface area contributed by atoms with E-state index < -0.39 is 0 Å². The number of ether oxygens (including phenoxy) is 1. The first-order valence-corrected chi connectivity index (χ1v) is 11.6. The number of aryl methyl sites for hydroxylation is 2. The molecule has 0 aliphatic carbocycles. The SMILES string of the molecule is COc1ccc(-n2c(C)nnc2SCC(=O)NNC(=O)CN2CCCc3ccccc32)cc1. The minimum atomic E-state index is -0.325. The molecule has 1 aromatic heterocycles. The van der Waals surface area contributed by atoms with E-state index in [2.05, 4.69) is 27.1 Å². The Morgan fingerprint density at radius 1 is 1.06 bits per heavy atom. The third kappa shape index (κ3) is 5.46. The average molecular weight is 467 g/mol. The fourth-order valence-corrected chi connectivity index (χ4v) is 4.56. The largest absolute Gasteiger partial charge is 0.497 e. The summed E-state index contributed by atoms with van der Waals surface area (Å²) >= 11 is 1.24. The molecule has 1 aliphatic heterocycles. The number of anilines is 1. The van der Waals surface area contributed by atoms with E-state index in [1.165, 1.54) is 17.3 Å². The Morgan fingerprint density at radius 2 is 1.82 bits per heavy atom. The van der Waals surface area contributed by atoms with Crippen LogP contribution in [0.15, 0.2) is 53.7 Å². The van der Waals surface area contributed by atoms with Gasteiger partial charge in [-0.15, -0.1) is 10.2 Å². The highest BCUT2D eigenvalue weighted by Crippen LogP contribution is 2.26. The molecule has 1 aliphatic rings. The van der Waals surface area contributed by atoms with Gasteiger partial charge in [-0.1, -0.05) is 30.0 Å². The van der Waals surface area contributed by atoms with Crippen LogP contribution in [0, 0.1) is 6.92 Å². The Kier molecular flexibility index (Phi) is 7.13. The first kappa shape index (κ1) is 22.7. The molecule has 2 heterocycles. The highest BCUT2D eigenvalue weighted by molar-refractivity contribution is 7.99. The van der Waals surface area contributed by atoms with Crippen LogP contribution in [0.1, 0.15) is 17.8 Å². The summed E-state index contributed by atoms with van der Waals surface area (Å²) in [5.74, 6) is 0.956. The van der Waals surface area contributed by atoms with Crippen LogP contribution in [0.5, 0.6) is 5.75 Å². The number of rotatable bonds is 7. The van der Waals surface area contributed by atoms with Gasteiger partial charge < -0.3 is 9.64 Å². The summed E-state index contributed by atoms with van der Waals surface area (Å²) in [6.45, 7) is 2.85. The fraction of sp³-hybridized carbons (Fsp3) is 0.304. The van der Waals surface area contributed by atoms with E-state index in [0.717, 1.165) is 36.5 Å². The molecule has 172 valence electrons. The number of carbonyl (C=O) groups excluding carboxylic acids is 2. The van der Waals surface area contributed by atoms with Crippen LogP contribution in [-0.4, -0.2) is 52.5 Å². The molecule has 0 radical (unpaired) electrons. The maximum Gasteiger partial charge on any atom is 0.257 e. The number of benzene rings is 2. The summed E-state index contributed by atoms with van der Waals surface area (Å²) in [4.78, 5) is 26.7. The van der Waals surface area contributed by atoms with Crippen molar-refractivity contribution in [2.24, 2.45) is 0 Å². The molecule has 2 aromatic carbocycles. The van der Waals surface area contributed by atoms with E-state index in [1.54, 1.807) is 7.11 Å². The van der Waals surface area contributed by atoms with Crippen molar-refractivity contribution in [3.8, 4) is 11.4 Å². The molecular weight excluding hydrogens is 440 g/mol. The molecule has 2 N–H and O–H groups in total. The summed E-state index contributed by atoms with van der Waals surface area (Å²) in [5, 5.41) is 8.88. The fourth-order valence-electron chi connectivity index (χ4n) is 3.76. The van der Waals surface area contributed by atoms with Crippen LogP contribution < -0.4 is 20.5 Å². The number of hydrogen-bond acceptors (Lipinski definition) is 7. The third-order valence-corrected chi connectivity index (χ3v) is 6.27. The number of nitrogens with one attached hydrogen (secondary N) is 2.